The van der Waals surface area contributed by atoms with E-state index in [4.69, 9.17) is 4.52 Å². The summed E-state index contributed by atoms with van der Waals surface area (Å²) in [6.45, 7) is 2.08. The largest absolute Gasteiger partial charge is 0.338 e. The lowest BCUT2D eigenvalue weighted by Crippen LogP contribution is -2.49. The fourth-order valence-corrected chi connectivity index (χ4v) is 3.95. The molecule has 2 aromatic heterocycles. The maximum atomic E-state index is 12.6. The van der Waals surface area contributed by atoms with E-state index in [0.717, 1.165) is 34.6 Å². The summed E-state index contributed by atoms with van der Waals surface area (Å²) in [6.07, 6.45) is 2.30. The Bertz CT molecular complexity index is 727. The smallest absolute Gasteiger partial charge is 0.254 e. The molecule has 3 heterocycles. The van der Waals surface area contributed by atoms with Gasteiger partial charge < -0.3 is 9.42 Å². The van der Waals surface area contributed by atoms with Gasteiger partial charge in [-0.05, 0) is 41.9 Å². The molecule has 23 heavy (non-hydrogen) atoms. The van der Waals surface area contributed by atoms with E-state index in [9.17, 15) is 4.79 Å². The van der Waals surface area contributed by atoms with Gasteiger partial charge in [0.1, 0.15) is 6.04 Å². The minimum absolute atomic E-state index is 0.0326. The van der Waals surface area contributed by atoms with Crippen molar-refractivity contribution < 1.29 is 9.32 Å². The van der Waals surface area contributed by atoms with Gasteiger partial charge in [0.05, 0.1) is 9.35 Å². The number of piperazine rings is 1. The zero-order valence-electron chi connectivity index (χ0n) is 12.7. The molecule has 0 N–H and O–H groups in total. The summed E-state index contributed by atoms with van der Waals surface area (Å²) < 4.78 is 6.44. The van der Waals surface area contributed by atoms with E-state index in [1.54, 1.807) is 0 Å². The van der Waals surface area contributed by atoms with Crippen LogP contribution in [0.1, 0.15) is 46.9 Å². The second-order valence-corrected chi connectivity index (χ2v) is 8.44. The molecule has 1 unspecified atom stereocenters. The highest BCUT2D eigenvalue weighted by molar-refractivity contribution is 9.11. The Morgan fingerprint density at radius 2 is 2.26 bits per heavy atom. The van der Waals surface area contributed by atoms with Gasteiger partial charge in [-0.2, -0.15) is 4.98 Å². The molecule has 1 aliphatic heterocycles. The van der Waals surface area contributed by atoms with Crippen molar-refractivity contribution in [3.05, 3.63) is 32.5 Å². The minimum Gasteiger partial charge on any atom is -0.338 e. The molecule has 122 valence electrons. The third kappa shape index (κ3) is 3.07. The predicted molar refractivity (Wildman–Crippen MR) is 89.6 cm³/mol. The number of hydrogen-bond acceptors (Lipinski definition) is 6. The minimum atomic E-state index is -0.0326. The van der Waals surface area contributed by atoms with Crippen molar-refractivity contribution in [1.82, 2.24) is 19.9 Å². The van der Waals surface area contributed by atoms with Crippen LogP contribution in [0.4, 0.5) is 0 Å². The number of amides is 1. The SMILES string of the molecule is CN1CCN(C(=O)c2csc(Br)c2)CC1c1nc(C2CC2)no1. The first kappa shape index (κ1) is 15.3. The molecule has 0 aromatic carbocycles. The molecular weight excluding hydrogens is 380 g/mol. The van der Waals surface area contributed by atoms with E-state index in [0.29, 0.717) is 24.9 Å². The van der Waals surface area contributed by atoms with Crippen LogP contribution in [0.3, 0.4) is 0 Å². The van der Waals surface area contributed by atoms with E-state index in [2.05, 4.69) is 31.0 Å². The molecule has 2 aromatic rings. The van der Waals surface area contributed by atoms with Gasteiger partial charge in [0.2, 0.25) is 5.89 Å². The molecule has 4 rings (SSSR count). The van der Waals surface area contributed by atoms with Crippen molar-refractivity contribution in [1.29, 1.82) is 0 Å². The van der Waals surface area contributed by atoms with Crippen molar-refractivity contribution in [3.63, 3.8) is 0 Å². The molecule has 0 radical (unpaired) electrons. The Morgan fingerprint density at radius 3 is 2.96 bits per heavy atom. The summed E-state index contributed by atoms with van der Waals surface area (Å²) in [4.78, 5) is 21.3. The number of carbonyl (C=O) groups is 1. The quantitative estimate of drug-likeness (QED) is 0.797. The van der Waals surface area contributed by atoms with Gasteiger partial charge in [-0.1, -0.05) is 5.16 Å². The van der Waals surface area contributed by atoms with E-state index >= 15 is 0 Å². The molecular formula is C15H17BrN4O2S. The molecule has 0 bridgehead atoms. The number of likely N-dealkylation sites (N-methyl/N-ethyl adjacent to an activating group) is 1. The average molecular weight is 397 g/mol. The van der Waals surface area contributed by atoms with Crippen LogP contribution in [0, 0.1) is 0 Å². The first-order valence-corrected chi connectivity index (χ1v) is 9.36. The summed E-state index contributed by atoms with van der Waals surface area (Å²) >= 11 is 4.94. The lowest BCUT2D eigenvalue weighted by atomic mass is 10.1. The molecule has 1 aliphatic carbocycles. The van der Waals surface area contributed by atoms with Gasteiger partial charge in [-0.15, -0.1) is 11.3 Å². The van der Waals surface area contributed by atoms with Crippen LogP contribution < -0.4 is 0 Å². The van der Waals surface area contributed by atoms with Gasteiger partial charge in [-0.25, -0.2) is 0 Å². The van der Waals surface area contributed by atoms with Crippen LogP contribution in [0.15, 0.2) is 19.8 Å². The third-order valence-corrected chi connectivity index (χ3v) is 5.94. The Morgan fingerprint density at radius 1 is 1.43 bits per heavy atom. The lowest BCUT2D eigenvalue weighted by molar-refractivity contribution is 0.0489. The molecule has 1 saturated carbocycles. The summed E-state index contributed by atoms with van der Waals surface area (Å²) in [5.41, 5.74) is 0.731. The maximum absolute atomic E-state index is 12.6. The molecule has 6 nitrogen and oxygen atoms in total. The maximum Gasteiger partial charge on any atom is 0.254 e. The predicted octanol–water partition coefficient (Wildman–Crippen LogP) is 2.90. The van der Waals surface area contributed by atoms with Gasteiger partial charge >= 0.3 is 0 Å². The molecule has 1 amide bonds. The van der Waals surface area contributed by atoms with Crippen molar-refractivity contribution in [2.75, 3.05) is 26.7 Å². The summed E-state index contributed by atoms with van der Waals surface area (Å²) in [5.74, 6) is 1.98. The van der Waals surface area contributed by atoms with E-state index in [1.165, 1.54) is 11.3 Å². The van der Waals surface area contributed by atoms with Gasteiger partial charge in [-0.3, -0.25) is 9.69 Å². The highest BCUT2D eigenvalue weighted by Gasteiger charge is 2.35. The first-order valence-electron chi connectivity index (χ1n) is 7.69. The van der Waals surface area contributed by atoms with Crippen LogP contribution in [0.5, 0.6) is 0 Å². The average Bonchev–Trinajstić information content (AvgIpc) is 3.12. The van der Waals surface area contributed by atoms with E-state index in [-0.39, 0.29) is 11.9 Å². The number of aromatic nitrogens is 2. The zero-order valence-corrected chi connectivity index (χ0v) is 15.1. The summed E-state index contributed by atoms with van der Waals surface area (Å²) in [6, 6.07) is 1.84. The second-order valence-electron chi connectivity index (χ2n) is 6.15. The number of carbonyl (C=O) groups excluding carboxylic acids is 1. The second kappa shape index (κ2) is 5.99. The van der Waals surface area contributed by atoms with Gasteiger partial charge in [0.25, 0.3) is 5.91 Å². The fraction of sp³-hybridized carbons (Fsp3) is 0.533. The molecule has 1 atom stereocenters. The Balaban J connectivity index is 1.51. The number of nitrogens with zero attached hydrogens (tertiary/aromatic N) is 4. The van der Waals surface area contributed by atoms with Crippen molar-refractivity contribution in [2.45, 2.75) is 24.8 Å². The van der Waals surface area contributed by atoms with Crippen LogP contribution in [0.2, 0.25) is 0 Å². The standard InChI is InChI=1S/C15H17BrN4O2S/c1-19-4-5-20(15(21)10-6-12(16)23-8-10)7-11(19)14-17-13(18-22-14)9-2-3-9/h6,8-9,11H,2-5,7H2,1H3. The summed E-state index contributed by atoms with van der Waals surface area (Å²) in [7, 11) is 2.04. The highest BCUT2D eigenvalue weighted by atomic mass is 79.9. The number of halogens is 1. The van der Waals surface area contributed by atoms with E-state index < -0.39 is 0 Å². The third-order valence-electron chi connectivity index (χ3n) is 4.43. The summed E-state index contributed by atoms with van der Waals surface area (Å²) in [5, 5.41) is 5.99. The topological polar surface area (TPSA) is 62.5 Å². The number of rotatable bonds is 3. The lowest BCUT2D eigenvalue weighted by Gasteiger charge is -2.37. The van der Waals surface area contributed by atoms with E-state index in [1.807, 2.05) is 23.4 Å². The fourth-order valence-electron chi connectivity index (χ4n) is 2.82. The first-order chi connectivity index (χ1) is 11.1. The highest BCUT2D eigenvalue weighted by Crippen LogP contribution is 2.39. The van der Waals surface area contributed by atoms with Crippen LogP contribution in [-0.4, -0.2) is 52.5 Å². The van der Waals surface area contributed by atoms with Gasteiger partial charge in [0, 0.05) is 30.9 Å². The van der Waals surface area contributed by atoms with Crippen molar-refractivity contribution in [2.24, 2.45) is 0 Å². The van der Waals surface area contributed by atoms with Crippen molar-refractivity contribution >= 4 is 33.2 Å². The molecule has 0 spiro atoms. The number of hydrogen-bond donors (Lipinski definition) is 0. The molecule has 2 aliphatic rings. The Kier molecular flexibility index (Phi) is 3.98. The van der Waals surface area contributed by atoms with Crippen LogP contribution in [0.25, 0.3) is 0 Å². The monoisotopic (exact) mass is 396 g/mol. The molecule has 2 fully saturated rings. The Hall–Kier alpha value is -1.25. The number of thiophene rings is 1. The normalized spacial score (nSPS) is 22.5. The van der Waals surface area contributed by atoms with Crippen LogP contribution in [-0.2, 0) is 0 Å². The molecule has 1 saturated heterocycles. The zero-order chi connectivity index (χ0) is 16.0. The van der Waals surface area contributed by atoms with Crippen molar-refractivity contribution in [3.8, 4) is 0 Å². The Labute approximate surface area is 146 Å². The van der Waals surface area contributed by atoms with Crippen LogP contribution >= 0.6 is 27.3 Å². The van der Waals surface area contributed by atoms with Gasteiger partial charge in [0.15, 0.2) is 5.82 Å². The molecule has 8 heteroatoms.